The van der Waals surface area contributed by atoms with Gasteiger partial charge in [0.15, 0.2) is 0 Å². The van der Waals surface area contributed by atoms with E-state index >= 15 is 0 Å². The summed E-state index contributed by atoms with van der Waals surface area (Å²) in [5.41, 5.74) is 4.65. The van der Waals surface area contributed by atoms with E-state index in [-0.39, 0.29) is 18.1 Å². The molecule has 1 amide bonds. The normalized spacial score (nSPS) is 24.4. The van der Waals surface area contributed by atoms with Crippen molar-refractivity contribution in [2.24, 2.45) is 0 Å². The van der Waals surface area contributed by atoms with Gasteiger partial charge in [-0.15, -0.1) is 0 Å². The maximum atomic E-state index is 12.5. The lowest BCUT2D eigenvalue weighted by Gasteiger charge is -2.26. The predicted octanol–water partition coefficient (Wildman–Crippen LogP) is 3.08. The minimum absolute atomic E-state index is 0.0130. The van der Waals surface area contributed by atoms with E-state index in [1.807, 2.05) is 18.2 Å². The highest BCUT2D eigenvalue weighted by atomic mass is 16.3. The van der Waals surface area contributed by atoms with Gasteiger partial charge < -0.3 is 15.4 Å². The van der Waals surface area contributed by atoms with Crippen molar-refractivity contribution in [3.05, 3.63) is 35.0 Å². The predicted molar refractivity (Wildman–Crippen MR) is 90.7 cm³/mol. The minimum atomic E-state index is -0.189. The lowest BCUT2D eigenvalue weighted by atomic mass is 9.92. The highest BCUT2D eigenvalue weighted by Crippen LogP contribution is 2.29. The van der Waals surface area contributed by atoms with Crippen LogP contribution in [0.2, 0.25) is 0 Å². The van der Waals surface area contributed by atoms with Crippen LogP contribution in [0.25, 0.3) is 10.9 Å². The summed E-state index contributed by atoms with van der Waals surface area (Å²) in [6, 6.07) is 6.19. The van der Waals surface area contributed by atoms with E-state index in [0.717, 1.165) is 49.6 Å². The maximum Gasteiger partial charge on any atom is 0.251 e. The Bertz CT molecular complexity index is 726. The van der Waals surface area contributed by atoms with Crippen LogP contribution >= 0.6 is 0 Å². The number of H-pyrrole nitrogens is 1. The van der Waals surface area contributed by atoms with Gasteiger partial charge in [0, 0.05) is 28.2 Å². The van der Waals surface area contributed by atoms with Crippen molar-refractivity contribution in [1.29, 1.82) is 0 Å². The molecule has 0 bridgehead atoms. The third-order valence-corrected chi connectivity index (χ3v) is 5.39. The van der Waals surface area contributed by atoms with Crippen LogP contribution in [0.1, 0.15) is 60.1 Å². The van der Waals surface area contributed by atoms with E-state index in [9.17, 15) is 9.90 Å². The Balaban J connectivity index is 1.55. The Kier molecular flexibility index (Phi) is 3.85. The van der Waals surface area contributed by atoms with Crippen LogP contribution in [0.15, 0.2) is 18.2 Å². The van der Waals surface area contributed by atoms with Gasteiger partial charge in [-0.1, -0.05) is 0 Å². The SMILES string of the molecule is O=C(NC1CCC(O)CC1)c1ccc2[nH]c3c(c2c1)CCCC3. The molecule has 122 valence electrons. The number of fused-ring (bicyclic) bond motifs is 3. The molecule has 4 nitrogen and oxygen atoms in total. The first-order valence-corrected chi connectivity index (χ1v) is 8.83. The average molecular weight is 312 g/mol. The molecule has 4 rings (SSSR count). The minimum Gasteiger partial charge on any atom is -0.393 e. The maximum absolute atomic E-state index is 12.5. The van der Waals surface area contributed by atoms with E-state index in [4.69, 9.17) is 0 Å². The monoisotopic (exact) mass is 312 g/mol. The second kappa shape index (κ2) is 6.00. The van der Waals surface area contributed by atoms with Gasteiger partial charge in [-0.25, -0.2) is 0 Å². The zero-order chi connectivity index (χ0) is 15.8. The summed E-state index contributed by atoms with van der Waals surface area (Å²) in [5, 5.41) is 13.9. The van der Waals surface area contributed by atoms with Crippen molar-refractivity contribution in [3.63, 3.8) is 0 Å². The van der Waals surface area contributed by atoms with Crippen LogP contribution in [0.3, 0.4) is 0 Å². The Morgan fingerprint density at radius 1 is 1.13 bits per heavy atom. The molecule has 2 aromatic rings. The number of hydrogen-bond donors (Lipinski definition) is 3. The van der Waals surface area contributed by atoms with E-state index in [2.05, 4.69) is 10.3 Å². The summed E-state index contributed by atoms with van der Waals surface area (Å²) in [6.07, 6.45) is 7.85. The molecule has 0 unspecified atom stereocenters. The summed E-state index contributed by atoms with van der Waals surface area (Å²) < 4.78 is 0. The molecule has 1 fully saturated rings. The molecule has 23 heavy (non-hydrogen) atoms. The fraction of sp³-hybridized carbons (Fsp3) is 0.526. The van der Waals surface area contributed by atoms with Gasteiger partial charge in [-0.3, -0.25) is 4.79 Å². The fourth-order valence-corrected chi connectivity index (χ4v) is 4.04. The van der Waals surface area contributed by atoms with Crippen LogP contribution in [-0.2, 0) is 12.8 Å². The summed E-state index contributed by atoms with van der Waals surface area (Å²) in [4.78, 5) is 16.1. The van der Waals surface area contributed by atoms with Crippen molar-refractivity contribution in [2.45, 2.75) is 63.5 Å². The van der Waals surface area contributed by atoms with Gasteiger partial charge >= 0.3 is 0 Å². The molecule has 0 radical (unpaired) electrons. The number of rotatable bonds is 2. The molecule has 4 heteroatoms. The number of hydrogen-bond acceptors (Lipinski definition) is 2. The first-order valence-electron chi connectivity index (χ1n) is 8.83. The highest BCUT2D eigenvalue weighted by molar-refractivity contribution is 5.99. The Hall–Kier alpha value is -1.81. The smallest absolute Gasteiger partial charge is 0.251 e. The first-order chi connectivity index (χ1) is 11.2. The first kappa shape index (κ1) is 14.8. The molecule has 1 saturated carbocycles. The molecular weight excluding hydrogens is 288 g/mol. The lowest BCUT2D eigenvalue weighted by Crippen LogP contribution is -2.38. The summed E-state index contributed by atoms with van der Waals surface area (Å²) in [6.45, 7) is 0. The average Bonchev–Trinajstić information content (AvgIpc) is 2.94. The van der Waals surface area contributed by atoms with E-state index in [1.165, 1.54) is 29.5 Å². The van der Waals surface area contributed by atoms with Gasteiger partial charge in [0.1, 0.15) is 0 Å². The molecule has 0 aliphatic heterocycles. The second-order valence-electron chi connectivity index (χ2n) is 7.03. The number of aromatic amines is 1. The van der Waals surface area contributed by atoms with Crippen molar-refractivity contribution in [2.75, 3.05) is 0 Å². The number of amides is 1. The highest BCUT2D eigenvalue weighted by Gasteiger charge is 2.22. The standard InChI is InChI=1S/C19H24N2O2/c22-14-8-6-13(7-9-14)20-19(23)12-5-10-18-16(11-12)15-3-1-2-4-17(15)21-18/h5,10-11,13-14,21-22H,1-4,6-9H2,(H,20,23). The van der Waals surface area contributed by atoms with E-state index in [0.29, 0.717) is 0 Å². The zero-order valence-corrected chi connectivity index (χ0v) is 13.4. The number of aryl methyl sites for hydroxylation is 2. The van der Waals surface area contributed by atoms with Crippen LogP contribution in [0.4, 0.5) is 0 Å². The Morgan fingerprint density at radius 2 is 1.91 bits per heavy atom. The number of aromatic nitrogens is 1. The molecular formula is C19H24N2O2. The number of nitrogens with one attached hydrogen (secondary N) is 2. The third-order valence-electron chi connectivity index (χ3n) is 5.39. The number of benzene rings is 1. The van der Waals surface area contributed by atoms with Gasteiger partial charge in [0.25, 0.3) is 5.91 Å². The van der Waals surface area contributed by atoms with Crippen LogP contribution in [-0.4, -0.2) is 28.1 Å². The van der Waals surface area contributed by atoms with Gasteiger partial charge in [0.05, 0.1) is 6.10 Å². The molecule has 0 atom stereocenters. The van der Waals surface area contributed by atoms with Crippen molar-refractivity contribution < 1.29 is 9.90 Å². The van der Waals surface area contributed by atoms with Gasteiger partial charge in [0.2, 0.25) is 0 Å². The van der Waals surface area contributed by atoms with Crippen LogP contribution in [0, 0.1) is 0 Å². The molecule has 2 aliphatic carbocycles. The fourth-order valence-electron chi connectivity index (χ4n) is 4.04. The molecule has 1 heterocycles. The van der Waals surface area contributed by atoms with Crippen molar-refractivity contribution >= 4 is 16.8 Å². The summed E-state index contributed by atoms with van der Waals surface area (Å²) in [7, 11) is 0. The number of aliphatic hydroxyl groups is 1. The lowest BCUT2D eigenvalue weighted by molar-refractivity contribution is 0.0868. The molecule has 0 saturated heterocycles. The topological polar surface area (TPSA) is 65.1 Å². The molecule has 3 N–H and O–H groups in total. The number of carbonyl (C=O) groups excluding carboxylic acids is 1. The van der Waals surface area contributed by atoms with Crippen LogP contribution < -0.4 is 5.32 Å². The summed E-state index contributed by atoms with van der Waals surface area (Å²) >= 11 is 0. The van der Waals surface area contributed by atoms with Crippen molar-refractivity contribution in [1.82, 2.24) is 10.3 Å². The van der Waals surface area contributed by atoms with Crippen molar-refractivity contribution in [3.8, 4) is 0 Å². The van der Waals surface area contributed by atoms with Gasteiger partial charge in [-0.05, 0) is 75.1 Å². The van der Waals surface area contributed by atoms with E-state index < -0.39 is 0 Å². The molecule has 1 aromatic carbocycles. The Labute approximate surface area is 136 Å². The third kappa shape index (κ3) is 2.88. The molecule has 0 spiro atoms. The largest absolute Gasteiger partial charge is 0.393 e. The van der Waals surface area contributed by atoms with Gasteiger partial charge in [-0.2, -0.15) is 0 Å². The molecule has 1 aromatic heterocycles. The number of carbonyl (C=O) groups is 1. The quantitative estimate of drug-likeness (QED) is 0.798. The molecule has 2 aliphatic rings. The Morgan fingerprint density at radius 3 is 2.74 bits per heavy atom. The number of aliphatic hydroxyl groups excluding tert-OH is 1. The second-order valence-corrected chi connectivity index (χ2v) is 7.03. The van der Waals surface area contributed by atoms with E-state index in [1.54, 1.807) is 0 Å². The summed E-state index contributed by atoms with van der Waals surface area (Å²) in [5.74, 6) is 0.0130. The van der Waals surface area contributed by atoms with Crippen LogP contribution in [0.5, 0.6) is 0 Å². The zero-order valence-electron chi connectivity index (χ0n) is 13.4.